The molecule has 2 aromatic rings. The van der Waals surface area contributed by atoms with E-state index in [1.54, 1.807) is 0 Å². The predicted molar refractivity (Wildman–Crippen MR) is 57.5 cm³/mol. The zero-order valence-electron chi connectivity index (χ0n) is 8.56. The highest BCUT2D eigenvalue weighted by Gasteiger charge is 2.25. The molecule has 1 saturated carbocycles. The van der Waals surface area contributed by atoms with Crippen molar-refractivity contribution in [3.05, 3.63) is 29.7 Å². The van der Waals surface area contributed by atoms with E-state index < -0.39 is 0 Å². The van der Waals surface area contributed by atoms with Gasteiger partial charge in [-0.05, 0) is 25.0 Å². The first-order chi connectivity index (χ1) is 7.40. The fourth-order valence-electron chi connectivity index (χ4n) is 2.12. The number of hydrogen-bond acceptors (Lipinski definition) is 3. The van der Waals surface area contributed by atoms with Gasteiger partial charge in [0.25, 0.3) is 0 Å². The molecule has 0 spiro atoms. The Bertz CT molecular complexity index is 484. The lowest BCUT2D eigenvalue weighted by atomic mass is 9.85. The molecule has 0 aromatic carbocycles. The molecule has 2 heterocycles. The molecular weight excluding hydrogens is 188 g/mol. The molecule has 1 aliphatic carbocycles. The maximum absolute atomic E-state index is 5.73. The van der Waals surface area contributed by atoms with Crippen molar-refractivity contribution in [3.8, 4) is 0 Å². The van der Waals surface area contributed by atoms with Gasteiger partial charge in [0.1, 0.15) is 5.82 Å². The van der Waals surface area contributed by atoms with Gasteiger partial charge in [-0.3, -0.25) is 4.40 Å². The largest absolute Gasteiger partial charge is 0.325 e. The summed E-state index contributed by atoms with van der Waals surface area (Å²) in [6, 6.07) is 6.00. The third-order valence-corrected chi connectivity index (χ3v) is 3.21. The predicted octanol–water partition coefficient (Wildman–Crippen LogP) is 1.46. The summed E-state index contributed by atoms with van der Waals surface area (Å²) in [5, 5.41) is 8.47. The summed E-state index contributed by atoms with van der Waals surface area (Å²) < 4.78 is 2.11. The number of nitrogens with zero attached hydrogens (tertiary/aromatic N) is 3. The molecule has 0 atom stereocenters. The maximum Gasteiger partial charge on any atom is 0.161 e. The molecule has 2 aromatic heterocycles. The molecule has 0 bridgehead atoms. The topological polar surface area (TPSA) is 56.2 Å². The van der Waals surface area contributed by atoms with Gasteiger partial charge in [-0.1, -0.05) is 12.5 Å². The van der Waals surface area contributed by atoms with Gasteiger partial charge in [0, 0.05) is 18.2 Å². The van der Waals surface area contributed by atoms with Crippen molar-refractivity contribution in [1.82, 2.24) is 14.6 Å². The van der Waals surface area contributed by atoms with Gasteiger partial charge in [-0.25, -0.2) is 0 Å². The molecule has 78 valence electrons. The van der Waals surface area contributed by atoms with Crippen LogP contribution in [0.3, 0.4) is 0 Å². The van der Waals surface area contributed by atoms with Crippen molar-refractivity contribution < 1.29 is 0 Å². The lowest BCUT2D eigenvalue weighted by Gasteiger charge is -2.23. The summed E-state index contributed by atoms with van der Waals surface area (Å²) in [5.41, 5.74) is 7.74. The smallest absolute Gasteiger partial charge is 0.161 e. The van der Waals surface area contributed by atoms with Crippen molar-refractivity contribution in [2.45, 2.75) is 31.7 Å². The second-order valence-electron chi connectivity index (χ2n) is 4.10. The first kappa shape index (κ1) is 8.85. The van der Waals surface area contributed by atoms with E-state index in [1.165, 1.54) is 19.3 Å². The highest BCUT2D eigenvalue weighted by Crippen LogP contribution is 2.35. The fourth-order valence-corrected chi connectivity index (χ4v) is 2.12. The van der Waals surface area contributed by atoms with Crippen molar-refractivity contribution in [1.29, 1.82) is 0 Å². The molecule has 0 amide bonds. The van der Waals surface area contributed by atoms with E-state index in [4.69, 9.17) is 5.73 Å². The van der Waals surface area contributed by atoms with Gasteiger partial charge in [0.2, 0.25) is 0 Å². The summed E-state index contributed by atoms with van der Waals surface area (Å²) in [5.74, 6) is 1.69. The zero-order chi connectivity index (χ0) is 10.3. The summed E-state index contributed by atoms with van der Waals surface area (Å²) in [4.78, 5) is 0. The van der Waals surface area contributed by atoms with E-state index in [-0.39, 0.29) is 0 Å². The van der Waals surface area contributed by atoms with Crippen molar-refractivity contribution in [3.63, 3.8) is 0 Å². The summed E-state index contributed by atoms with van der Waals surface area (Å²) in [7, 11) is 0. The fraction of sp³-hybridized carbons (Fsp3) is 0.455. The summed E-state index contributed by atoms with van der Waals surface area (Å²) in [6.45, 7) is 0.537. The molecule has 1 aliphatic rings. The van der Waals surface area contributed by atoms with Crippen LogP contribution in [0.5, 0.6) is 0 Å². The van der Waals surface area contributed by atoms with Crippen molar-refractivity contribution in [2.24, 2.45) is 5.73 Å². The second kappa shape index (κ2) is 3.31. The number of rotatable bonds is 2. The Balaban J connectivity index is 2.20. The molecule has 0 radical (unpaired) electrons. The Morgan fingerprint density at radius 1 is 1.33 bits per heavy atom. The SMILES string of the molecule is NCc1cccc2nnc(C3CCC3)n12. The minimum absolute atomic E-state index is 0.537. The lowest BCUT2D eigenvalue weighted by molar-refractivity contribution is 0.398. The third kappa shape index (κ3) is 1.25. The lowest BCUT2D eigenvalue weighted by Crippen LogP contribution is -2.15. The van der Waals surface area contributed by atoms with Gasteiger partial charge in [-0.2, -0.15) is 0 Å². The first-order valence-corrected chi connectivity index (χ1v) is 5.43. The number of hydrogen-bond donors (Lipinski definition) is 1. The van der Waals surface area contributed by atoms with Gasteiger partial charge in [-0.15, -0.1) is 10.2 Å². The molecule has 0 saturated heterocycles. The van der Waals surface area contributed by atoms with Crippen LogP contribution in [0, 0.1) is 0 Å². The molecular formula is C11H14N4. The van der Waals surface area contributed by atoms with Gasteiger partial charge < -0.3 is 5.73 Å². The molecule has 4 heteroatoms. The average molecular weight is 202 g/mol. The molecule has 15 heavy (non-hydrogen) atoms. The van der Waals surface area contributed by atoms with E-state index in [9.17, 15) is 0 Å². The monoisotopic (exact) mass is 202 g/mol. The van der Waals surface area contributed by atoms with E-state index in [0.29, 0.717) is 12.5 Å². The Labute approximate surface area is 88.1 Å². The van der Waals surface area contributed by atoms with Crippen molar-refractivity contribution >= 4 is 5.65 Å². The zero-order valence-corrected chi connectivity index (χ0v) is 8.56. The van der Waals surface area contributed by atoms with Crippen LogP contribution in [-0.2, 0) is 6.54 Å². The van der Waals surface area contributed by atoms with Crippen molar-refractivity contribution in [2.75, 3.05) is 0 Å². The highest BCUT2D eigenvalue weighted by molar-refractivity contribution is 5.40. The van der Waals surface area contributed by atoms with Gasteiger partial charge in [0.05, 0.1) is 0 Å². The first-order valence-electron chi connectivity index (χ1n) is 5.43. The maximum atomic E-state index is 5.73. The average Bonchev–Trinajstić information content (AvgIpc) is 2.59. The quantitative estimate of drug-likeness (QED) is 0.802. The van der Waals surface area contributed by atoms with Gasteiger partial charge >= 0.3 is 0 Å². The number of fused-ring (bicyclic) bond motifs is 1. The van der Waals surface area contributed by atoms with Crippen LogP contribution < -0.4 is 5.73 Å². The Morgan fingerprint density at radius 3 is 2.87 bits per heavy atom. The standard InChI is InChI=1S/C11H14N4/c12-7-9-5-2-6-10-13-14-11(15(9)10)8-3-1-4-8/h2,5-6,8H,1,3-4,7,12H2. The highest BCUT2D eigenvalue weighted by atomic mass is 15.3. The molecule has 1 fully saturated rings. The molecule has 4 nitrogen and oxygen atoms in total. The second-order valence-corrected chi connectivity index (χ2v) is 4.10. The van der Waals surface area contributed by atoms with E-state index in [1.807, 2.05) is 18.2 Å². The van der Waals surface area contributed by atoms with Crippen LogP contribution in [0.25, 0.3) is 5.65 Å². The molecule has 0 unspecified atom stereocenters. The van der Waals surface area contributed by atoms with E-state index in [2.05, 4.69) is 14.6 Å². The van der Waals surface area contributed by atoms with Crippen LogP contribution >= 0.6 is 0 Å². The van der Waals surface area contributed by atoms with Crippen LogP contribution in [0.15, 0.2) is 18.2 Å². The Kier molecular flexibility index (Phi) is 1.95. The third-order valence-electron chi connectivity index (χ3n) is 3.21. The van der Waals surface area contributed by atoms with Gasteiger partial charge in [0.15, 0.2) is 5.65 Å². The number of aromatic nitrogens is 3. The van der Waals surface area contributed by atoms with Crippen LogP contribution in [0.1, 0.15) is 36.7 Å². The molecule has 0 aliphatic heterocycles. The number of nitrogens with two attached hydrogens (primary N) is 1. The van der Waals surface area contributed by atoms with Crippen LogP contribution in [-0.4, -0.2) is 14.6 Å². The minimum atomic E-state index is 0.537. The summed E-state index contributed by atoms with van der Waals surface area (Å²) >= 11 is 0. The molecule has 2 N–H and O–H groups in total. The van der Waals surface area contributed by atoms with Crippen LogP contribution in [0.4, 0.5) is 0 Å². The Hall–Kier alpha value is -1.42. The normalized spacial score (nSPS) is 16.9. The van der Waals surface area contributed by atoms with Crippen LogP contribution in [0.2, 0.25) is 0 Å². The molecule has 3 rings (SSSR count). The van der Waals surface area contributed by atoms with E-state index in [0.717, 1.165) is 17.2 Å². The van der Waals surface area contributed by atoms with E-state index >= 15 is 0 Å². The summed E-state index contributed by atoms with van der Waals surface area (Å²) in [6.07, 6.45) is 3.78. The minimum Gasteiger partial charge on any atom is -0.325 e. The number of pyridine rings is 1. The Morgan fingerprint density at radius 2 is 2.20 bits per heavy atom.